The number of anilines is 1. The van der Waals surface area contributed by atoms with Gasteiger partial charge in [-0.1, -0.05) is 36.4 Å². The maximum absolute atomic E-state index is 13.2. The Morgan fingerprint density at radius 3 is 2.53 bits per heavy atom. The number of carboxylic acid groups (broad SMARTS) is 1. The maximum Gasteiger partial charge on any atom is 0.335 e. The molecule has 0 aliphatic carbocycles. The number of hydrogen-bond acceptors (Lipinski definition) is 4. The summed E-state index contributed by atoms with van der Waals surface area (Å²) in [6.07, 6.45) is 3.72. The molecule has 0 radical (unpaired) electrons. The van der Waals surface area contributed by atoms with Crippen molar-refractivity contribution in [2.75, 3.05) is 18.5 Å². The van der Waals surface area contributed by atoms with Crippen LogP contribution >= 0.6 is 0 Å². The van der Waals surface area contributed by atoms with Crippen LogP contribution in [0.2, 0.25) is 0 Å². The average molecular weight is 428 g/mol. The van der Waals surface area contributed by atoms with Crippen molar-refractivity contribution in [3.05, 3.63) is 108 Å². The van der Waals surface area contributed by atoms with E-state index in [2.05, 4.69) is 10.3 Å². The Bertz CT molecular complexity index is 1250. The van der Waals surface area contributed by atoms with Crippen molar-refractivity contribution in [3.63, 3.8) is 0 Å². The average Bonchev–Trinajstić information content (AvgIpc) is 2.82. The van der Waals surface area contributed by atoms with E-state index in [-0.39, 0.29) is 18.0 Å². The zero-order chi connectivity index (χ0) is 22.3. The van der Waals surface area contributed by atoms with E-state index in [0.717, 1.165) is 27.7 Å². The van der Waals surface area contributed by atoms with Gasteiger partial charge in [-0.25, -0.2) is 9.18 Å². The van der Waals surface area contributed by atoms with Crippen molar-refractivity contribution in [2.45, 2.75) is 0 Å². The van der Waals surface area contributed by atoms with Crippen molar-refractivity contribution < 1.29 is 19.0 Å². The number of carboxylic acids is 1. The Morgan fingerprint density at radius 2 is 1.78 bits per heavy atom. The first-order chi connectivity index (χ1) is 15.6. The molecule has 160 valence electrons. The smallest absolute Gasteiger partial charge is 0.335 e. The van der Waals surface area contributed by atoms with Gasteiger partial charge >= 0.3 is 5.97 Å². The molecular weight excluding hydrogens is 407 g/mol. The van der Waals surface area contributed by atoms with Crippen molar-refractivity contribution >= 4 is 28.6 Å². The number of aromatic carboxylic acids is 1. The Hall–Kier alpha value is -4.19. The summed E-state index contributed by atoms with van der Waals surface area (Å²) in [5, 5.41) is 13.5. The standard InChI is InChI=1S/C26H21FN2O3/c27-22-9-11-24(12-10-22)32-17-19(13-18-5-7-20(8-6-18)26(30)31)15-28-23-14-21-3-1-2-4-25(21)29-16-23/h1-14,16,28H,15,17H2,(H,30,31)/b19-13-. The highest BCUT2D eigenvalue weighted by atomic mass is 19.1. The molecular formula is C26H21FN2O3. The van der Waals surface area contributed by atoms with Crippen LogP contribution in [0.4, 0.5) is 10.1 Å². The molecule has 1 heterocycles. The fraction of sp³-hybridized carbons (Fsp3) is 0.0769. The number of benzene rings is 3. The van der Waals surface area contributed by atoms with E-state index >= 15 is 0 Å². The molecule has 6 heteroatoms. The Labute approximate surface area is 184 Å². The summed E-state index contributed by atoms with van der Waals surface area (Å²) in [6.45, 7) is 0.766. The van der Waals surface area contributed by atoms with Gasteiger partial charge in [0.15, 0.2) is 0 Å². The predicted molar refractivity (Wildman–Crippen MR) is 124 cm³/mol. The van der Waals surface area contributed by atoms with Crippen molar-refractivity contribution in [3.8, 4) is 5.75 Å². The molecule has 32 heavy (non-hydrogen) atoms. The number of rotatable bonds is 8. The minimum absolute atomic E-state index is 0.228. The molecule has 3 aromatic carbocycles. The summed E-state index contributed by atoms with van der Waals surface area (Å²) in [7, 11) is 0. The van der Waals surface area contributed by atoms with E-state index in [9.17, 15) is 9.18 Å². The third-order valence-electron chi connectivity index (χ3n) is 4.88. The van der Waals surface area contributed by atoms with E-state index in [0.29, 0.717) is 12.3 Å². The lowest BCUT2D eigenvalue weighted by Gasteiger charge is -2.13. The fourth-order valence-corrected chi connectivity index (χ4v) is 3.19. The van der Waals surface area contributed by atoms with Gasteiger partial charge in [-0.05, 0) is 59.7 Å². The van der Waals surface area contributed by atoms with E-state index < -0.39 is 5.97 Å². The molecule has 0 unspecified atom stereocenters. The number of halogens is 1. The first-order valence-electron chi connectivity index (χ1n) is 10.1. The summed E-state index contributed by atoms with van der Waals surface area (Å²) >= 11 is 0. The van der Waals surface area contributed by atoms with Gasteiger partial charge in [0.05, 0.1) is 23.0 Å². The van der Waals surface area contributed by atoms with E-state index in [1.165, 1.54) is 12.1 Å². The van der Waals surface area contributed by atoms with Gasteiger partial charge in [-0.15, -0.1) is 0 Å². The zero-order valence-corrected chi connectivity index (χ0v) is 17.2. The molecule has 0 spiro atoms. The second-order valence-corrected chi connectivity index (χ2v) is 7.24. The number of fused-ring (bicyclic) bond motifs is 1. The predicted octanol–water partition coefficient (Wildman–Crippen LogP) is 5.65. The van der Waals surface area contributed by atoms with Gasteiger partial charge in [0, 0.05) is 11.9 Å². The van der Waals surface area contributed by atoms with Gasteiger partial charge in [0.1, 0.15) is 18.2 Å². The number of hydrogen-bond donors (Lipinski definition) is 2. The Kier molecular flexibility index (Phi) is 6.41. The molecule has 5 nitrogen and oxygen atoms in total. The minimum atomic E-state index is -0.967. The van der Waals surface area contributed by atoms with Gasteiger partial charge in [0.25, 0.3) is 0 Å². The molecule has 4 aromatic rings. The third kappa shape index (κ3) is 5.49. The SMILES string of the molecule is O=C(O)c1ccc(/C=C(/CNc2cnc3ccccc3c2)COc2ccc(F)cc2)cc1. The second-order valence-electron chi connectivity index (χ2n) is 7.24. The second kappa shape index (κ2) is 9.75. The molecule has 0 aliphatic rings. The molecule has 0 amide bonds. The number of pyridine rings is 1. The van der Waals surface area contributed by atoms with Crippen LogP contribution in [0, 0.1) is 5.82 Å². The molecule has 0 saturated carbocycles. The minimum Gasteiger partial charge on any atom is -0.489 e. The summed E-state index contributed by atoms with van der Waals surface area (Å²) in [5.74, 6) is -0.728. The van der Waals surface area contributed by atoms with Crippen LogP contribution in [-0.2, 0) is 0 Å². The van der Waals surface area contributed by atoms with Gasteiger partial charge in [-0.3, -0.25) is 4.98 Å². The van der Waals surface area contributed by atoms with Crippen LogP contribution in [-0.4, -0.2) is 29.2 Å². The van der Waals surface area contributed by atoms with Gasteiger partial charge in [0.2, 0.25) is 0 Å². The highest BCUT2D eigenvalue weighted by Crippen LogP contribution is 2.18. The van der Waals surface area contributed by atoms with E-state index in [4.69, 9.17) is 9.84 Å². The highest BCUT2D eigenvalue weighted by molar-refractivity contribution is 5.87. The van der Waals surface area contributed by atoms with Crippen molar-refractivity contribution in [1.82, 2.24) is 4.98 Å². The van der Waals surface area contributed by atoms with Crippen molar-refractivity contribution in [1.29, 1.82) is 0 Å². The third-order valence-corrected chi connectivity index (χ3v) is 4.88. The number of nitrogens with one attached hydrogen (secondary N) is 1. The fourth-order valence-electron chi connectivity index (χ4n) is 3.19. The summed E-state index contributed by atoms with van der Waals surface area (Å²) in [5.41, 5.74) is 3.80. The zero-order valence-electron chi connectivity index (χ0n) is 17.2. The first-order valence-corrected chi connectivity index (χ1v) is 10.1. The quantitative estimate of drug-likeness (QED) is 0.380. The molecule has 0 atom stereocenters. The van der Waals surface area contributed by atoms with Crippen LogP contribution in [0.25, 0.3) is 17.0 Å². The highest BCUT2D eigenvalue weighted by Gasteiger charge is 2.05. The topological polar surface area (TPSA) is 71.5 Å². The van der Waals surface area contributed by atoms with Crippen molar-refractivity contribution in [2.24, 2.45) is 0 Å². The normalized spacial score (nSPS) is 11.3. The molecule has 0 bridgehead atoms. The Balaban J connectivity index is 1.52. The summed E-state index contributed by atoms with van der Waals surface area (Å²) < 4.78 is 19.0. The van der Waals surface area contributed by atoms with E-state index in [1.54, 1.807) is 42.6 Å². The summed E-state index contributed by atoms with van der Waals surface area (Å²) in [6, 6.07) is 22.4. The lowest BCUT2D eigenvalue weighted by Crippen LogP contribution is -2.12. The molecule has 4 rings (SSSR count). The number of para-hydroxylation sites is 1. The number of ether oxygens (including phenoxy) is 1. The van der Waals surface area contributed by atoms with Crippen LogP contribution in [0.1, 0.15) is 15.9 Å². The molecule has 0 fully saturated rings. The van der Waals surface area contributed by atoms with Crippen LogP contribution in [0.15, 0.2) is 90.6 Å². The maximum atomic E-state index is 13.2. The largest absolute Gasteiger partial charge is 0.489 e. The van der Waals surface area contributed by atoms with Crippen LogP contribution < -0.4 is 10.1 Å². The molecule has 1 aromatic heterocycles. The number of aromatic nitrogens is 1. The summed E-state index contributed by atoms with van der Waals surface area (Å²) in [4.78, 5) is 15.6. The van der Waals surface area contributed by atoms with Crippen LogP contribution in [0.5, 0.6) is 5.75 Å². The van der Waals surface area contributed by atoms with Crippen LogP contribution in [0.3, 0.4) is 0 Å². The molecule has 0 aliphatic heterocycles. The van der Waals surface area contributed by atoms with Gasteiger partial charge in [-0.2, -0.15) is 0 Å². The Morgan fingerprint density at radius 1 is 1.03 bits per heavy atom. The molecule has 0 saturated heterocycles. The first kappa shape index (κ1) is 21.1. The lowest BCUT2D eigenvalue weighted by atomic mass is 10.1. The lowest BCUT2D eigenvalue weighted by molar-refractivity contribution is 0.0697. The van der Waals surface area contributed by atoms with E-state index in [1.807, 2.05) is 36.4 Å². The molecule has 2 N–H and O–H groups in total. The monoisotopic (exact) mass is 428 g/mol. The number of carbonyl (C=O) groups is 1. The van der Waals surface area contributed by atoms with Gasteiger partial charge < -0.3 is 15.2 Å². The number of nitrogens with zero attached hydrogens (tertiary/aromatic N) is 1.